The van der Waals surface area contributed by atoms with Gasteiger partial charge in [-0.1, -0.05) is 41.9 Å². The maximum absolute atomic E-state index is 11.3. The van der Waals surface area contributed by atoms with Gasteiger partial charge in [0.1, 0.15) is 18.1 Å². The number of methoxy groups -OCH3 is 1. The van der Waals surface area contributed by atoms with Gasteiger partial charge in [0.25, 0.3) is 5.91 Å². The molecule has 1 amide bonds. The number of rotatable bonds is 5. The van der Waals surface area contributed by atoms with Gasteiger partial charge in [0.15, 0.2) is 0 Å². The van der Waals surface area contributed by atoms with E-state index >= 15 is 0 Å². The van der Waals surface area contributed by atoms with Crippen molar-refractivity contribution in [2.45, 2.75) is 6.61 Å². The average Bonchev–Trinajstić information content (AvgIpc) is 2.46. The first kappa shape index (κ1) is 14.2. The van der Waals surface area contributed by atoms with E-state index in [0.29, 0.717) is 23.1 Å². The molecule has 0 aromatic heterocycles. The third-order valence-corrected chi connectivity index (χ3v) is 3.05. The van der Waals surface area contributed by atoms with E-state index in [0.717, 1.165) is 5.56 Å². The Kier molecular flexibility index (Phi) is 4.48. The van der Waals surface area contributed by atoms with Crippen LogP contribution in [0.4, 0.5) is 0 Å². The highest BCUT2D eigenvalue weighted by atomic mass is 35.5. The van der Waals surface area contributed by atoms with Gasteiger partial charge in [-0.2, -0.15) is 0 Å². The molecule has 2 rings (SSSR count). The lowest BCUT2D eigenvalue weighted by molar-refractivity contribution is 0.0997. The molecule has 104 valence electrons. The fourth-order valence-electron chi connectivity index (χ4n) is 1.74. The average molecular weight is 292 g/mol. The second-order valence-electron chi connectivity index (χ2n) is 4.12. The van der Waals surface area contributed by atoms with Crippen molar-refractivity contribution in [2.24, 2.45) is 5.73 Å². The Bertz CT molecular complexity index is 614. The Balaban J connectivity index is 2.22. The molecule has 0 aliphatic carbocycles. The van der Waals surface area contributed by atoms with Crippen LogP contribution in [0.1, 0.15) is 15.9 Å². The molecule has 2 aromatic carbocycles. The minimum absolute atomic E-state index is 0.226. The highest BCUT2D eigenvalue weighted by Crippen LogP contribution is 2.33. The summed E-state index contributed by atoms with van der Waals surface area (Å²) >= 11 is 6.08. The third kappa shape index (κ3) is 3.22. The molecule has 0 heterocycles. The predicted octanol–water partition coefficient (Wildman–Crippen LogP) is 3.03. The van der Waals surface area contributed by atoms with Gasteiger partial charge in [-0.25, -0.2) is 0 Å². The van der Waals surface area contributed by atoms with E-state index in [-0.39, 0.29) is 5.56 Å². The molecule has 0 aliphatic rings. The fraction of sp³-hybridized carbons (Fsp3) is 0.133. The standard InChI is InChI=1S/C15H14ClNO3/c1-19-13-8-14(12(16)7-11(13)15(17)18)20-9-10-5-3-2-4-6-10/h2-8H,9H2,1H3,(H2,17,18). The third-order valence-electron chi connectivity index (χ3n) is 2.76. The summed E-state index contributed by atoms with van der Waals surface area (Å²) in [6.07, 6.45) is 0. The second kappa shape index (κ2) is 6.30. The fourth-order valence-corrected chi connectivity index (χ4v) is 1.96. The van der Waals surface area contributed by atoms with Crippen molar-refractivity contribution in [1.82, 2.24) is 0 Å². The van der Waals surface area contributed by atoms with Crippen molar-refractivity contribution < 1.29 is 14.3 Å². The van der Waals surface area contributed by atoms with Gasteiger partial charge in [0.05, 0.1) is 17.7 Å². The molecule has 0 saturated carbocycles. The summed E-state index contributed by atoms with van der Waals surface area (Å²) in [7, 11) is 1.46. The minimum Gasteiger partial charge on any atom is -0.496 e. The summed E-state index contributed by atoms with van der Waals surface area (Å²) in [5.74, 6) is 0.181. The van der Waals surface area contributed by atoms with Gasteiger partial charge in [-0.05, 0) is 11.6 Å². The zero-order valence-electron chi connectivity index (χ0n) is 10.9. The van der Waals surface area contributed by atoms with Crippen LogP contribution in [0.3, 0.4) is 0 Å². The molecule has 0 atom stereocenters. The maximum atomic E-state index is 11.3. The van der Waals surface area contributed by atoms with Crippen LogP contribution in [0.5, 0.6) is 11.5 Å². The number of carbonyl (C=O) groups is 1. The maximum Gasteiger partial charge on any atom is 0.252 e. The number of hydrogen-bond acceptors (Lipinski definition) is 3. The quantitative estimate of drug-likeness (QED) is 0.921. The topological polar surface area (TPSA) is 61.6 Å². The van der Waals surface area contributed by atoms with E-state index in [1.54, 1.807) is 6.07 Å². The minimum atomic E-state index is -0.599. The highest BCUT2D eigenvalue weighted by molar-refractivity contribution is 6.32. The molecule has 2 N–H and O–H groups in total. The molecule has 0 radical (unpaired) electrons. The summed E-state index contributed by atoms with van der Waals surface area (Å²) in [5, 5.41) is 0.315. The summed E-state index contributed by atoms with van der Waals surface area (Å²) < 4.78 is 10.8. The van der Waals surface area contributed by atoms with Gasteiger partial charge in [-0.15, -0.1) is 0 Å². The van der Waals surface area contributed by atoms with Gasteiger partial charge < -0.3 is 15.2 Å². The molecule has 5 heteroatoms. The summed E-state index contributed by atoms with van der Waals surface area (Å²) in [6, 6.07) is 12.7. The molecule has 0 spiro atoms. The summed E-state index contributed by atoms with van der Waals surface area (Å²) in [6.45, 7) is 0.375. The van der Waals surface area contributed by atoms with Crippen LogP contribution in [-0.2, 0) is 6.61 Å². The number of halogens is 1. The molecule has 0 unspecified atom stereocenters. The monoisotopic (exact) mass is 291 g/mol. The smallest absolute Gasteiger partial charge is 0.252 e. The van der Waals surface area contributed by atoms with E-state index in [4.69, 9.17) is 26.8 Å². The largest absolute Gasteiger partial charge is 0.496 e. The van der Waals surface area contributed by atoms with E-state index in [1.807, 2.05) is 30.3 Å². The SMILES string of the molecule is COc1cc(OCc2ccccc2)c(Cl)cc1C(N)=O. The number of primary amides is 1. The van der Waals surface area contributed by atoms with Gasteiger partial charge in [0.2, 0.25) is 0 Å². The number of benzene rings is 2. The van der Waals surface area contributed by atoms with Gasteiger partial charge in [-0.3, -0.25) is 4.79 Å². The number of carbonyl (C=O) groups excluding carboxylic acids is 1. The molecule has 2 aromatic rings. The Morgan fingerprint density at radius 2 is 1.90 bits per heavy atom. The van der Waals surface area contributed by atoms with Gasteiger partial charge >= 0.3 is 0 Å². The van der Waals surface area contributed by atoms with Gasteiger partial charge in [0, 0.05) is 6.07 Å². The van der Waals surface area contributed by atoms with Crippen LogP contribution in [0, 0.1) is 0 Å². The van der Waals surface area contributed by atoms with Crippen molar-refractivity contribution in [3.05, 3.63) is 58.6 Å². The van der Waals surface area contributed by atoms with Crippen LogP contribution in [0.15, 0.2) is 42.5 Å². The van der Waals surface area contributed by atoms with Crippen LogP contribution < -0.4 is 15.2 Å². The number of amides is 1. The van der Waals surface area contributed by atoms with E-state index < -0.39 is 5.91 Å². The van der Waals surface area contributed by atoms with Crippen molar-refractivity contribution in [3.63, 3.8) is 0 Å². The summed E-state index contributed by atoms with van der Waals surface area (Å²) in [4.78, 5) is 11.3. The van der Waals surface area contributed by atoms with E-state index in [2.05, 4.69) is 0 Å². The number of nitrogens with two attached hydrogens (primary N) is 1. The molecule has 0 saturated heterocycles. The zero-order valence-corrected chi connectivity index (χ0v) is 11.7. The second-order valence-corrected chi connectivity index (χ2v) is 4.53. The van der Waals surface area contributed by atoms with Crippen molar-refractivity contribution in [3.8, 4) is 11.5 Å². The lowest BCUT2D eigenvalue weighted by atomic mass is 10.2. The molecule has 0 fully saturated rings. The first-order valence-corrected chi connectivity index (χ1v) is 6.33. The number of ether oxygens (including phenoxy) is 2. The van der Waals surface area contributed by atoms with Crippen LogP contribution in [-0.4, -0.2) is 13.0 Å². The molecular weight excluding hydrogens is 278 g/mol. The number of hydrogen-bond donors (Lipinski definition) is 1. The molecular formula is C15H14ClNO3. The van der Waals surface area contributed by atoms with Crippen molar-refractivity contribution >= 4 is 17.5 Å². The molecule has 20 heavy (non-hydrogen) atoms. The first-order chi connectivity index (χ1) is 9.61. The van der Waals surface area contributed by atoms with Crippen LogP contribution >= 0.6 is 11.6 Å². The van der Waals surface area contributed by atoms with Crippen molar-refractivity contribution in [2.75, 3.05) is 7.11 Å². The van der Waals surface area contributed by atoms with Crippen LogP contribution in [0.25, 0.3) is 0 Å². The molecule has 4 nitrogen and oxygen atoms in total. The Hall–Kier alpha value is -2.20. The zero-order chi connectivity index (χ0) is 14.5. The predicted molar refractivity (Wildman–Crippen MR) is 77.3 cm³/mol. The van der Waals surface area contributed by atoms with E-state index in [9.17, 15) is 4.79 Å². The lowest BCUT2D eigenvalue weighted by Gasteiger charge is -2.12. The normalized spacial score (nSPS) is 10.1. The van der Waals surface area contributed by atoms with E-state index in [1.165, 1.54) is 13.2 Å². The van der Waals surface area contributed by atoms with Crippen molar-refractivity contribution in [1.29, 1.82) is 0 Å². The lowest BCUT2D eigenvalue weighted by Crippen LogP contribution is -2.12. The first-order valence-electron chi connectivity index (χ1n) is 5.96. The summed E-state index contributed by atoms with van der Waals surface area (Å²) in [5.41, 5.74) is 6.50. The Labute approximate surface area is 122 Å². The highest BCUT2D eigenvalue weighted by Gasteiger charge is 2.14. The van der Waals surface area contributed by atoms with Crippen LogP contribution in [0.2, 0.25) is 5.02 Å². The Morgan fingerprint density at radius 3 is 2.50 bits per heavy atom. The Morgan fingerprint density at radius 1 is 1.20 bits per heavy atom. The molecule has 0 bridgehead atoms. The molecule has 0 aliphatic heterocycles.